The highest BCUT2D eigenvalue weighted by Crippen LogP contribution is 2.52. The molecule has 168 valence electrons. The molecule has 6 rings (SSSR count). The minimum atomic E-state index is -1.08. The summed E-state index contributed by atoms with van der Waals surface area (Å²) in [5.41, 5.74) is 8.75. The fourth-order valence-electron chi connectivity index (χ4n) is 4.54. The summed E-state index contributed by atoms with van der Waals surface area (Å²) in [5.74, 6) is 6.21. The zero-order chi connectivity index (χ0) is 23.4. The Morgan fingerprint density at radius 2 is 2.06 bits per heavy atom. The normalized spacial score (nSPS) is 18.7. The van der Waals surface area contributed by atoms with E-state index in [2.05, 4.69) is 22.0 Å². The van der Waals surface area contributed by atoms with Crippen molar-refractivity contribution in [2.45, 2.75) is 37.8 Å². The lowest BCUT2D eigenvalue weighted by atomic mass is 9.75. The first-order valence-corrected chi connectivity index (χ1v) is 10.7. The molecule has 2 bridgehead atoms. The predicted molar refractivity (Wildman–Crippen MR) is 118 cm³/mol. The number of imidazole rings is 1. The van der Waals surface area contributed by atoms with E-state index in [4.69, 9.17) is 10.3 Å². The van der Waals surface area contributed by atoms with Gasteiger partial charge in [0.2, 0.25) is 0 Å². The summed E-state index contributed by atoms with van der Waals surface area (Å²) < 4.78 is 6.86. The van der Waals surface area contributed by atoms with Gasteiger partial charge >= 0.3 is 0 Å². The van der Waals surface area contributed by atoms with Gasteiger partial charge in [-0.1, -0.05) is 23.1 Å². The number of aliphatic hydroxyl groups is 1. The molecule has 1 fully saturated rings. The first-order chi connectivity index (χ1) is 15.7. The SMILES string of the molecule is Cc1cc([C@H](O)C#Cc2ccc3c(c2)-c2nc(C(N)=O)c(C(=O)N(C)C)n2C2CC3C2)no1. The summed E-state index contributed by atoms with van der Waals surface area (Å²) >= 11 is 0. The zero-order valence-corrected chi connectivity index (χ0v) is 18.5. The van der Waals surface area contributed by atoms with Crippen LogP contribution in [0.5, 0.6) is 0 Å². The molecule has 2 aliphatic heterocycles. The molecule has 0 radical (unpaired) electrons. The maximum Gasteiger partial charge on any atom is 0.272 e. The molecule has 4 heterocycles. The van der Waals surface area contributed by atoms with Crippen molar-refractivity contribution in [2.75, 3.05) is 14.1 Å². The number of nitrogens with zero attached hydrogens (tertiary/aromatic N) is 4. The van der Waals surface area contributed by atoms with Gasteiger partial charge in [0.25, 0.3) is 11.8 Å². The molecule has 3 aromatic rings. The van der Waals surface area contributed by atoms with E-state index < -0.39 is 12.0 Å². The highest BCUT2D eigenvalue weighted by molar-refractivity contribution is 6.05. The summed E-state index contributed by atoms with van der Waals surface area (Å²) in [5, 5.41) is 14.1. The lowest BCUT2D eigenvalue weighted by Crippen LogP contribution is -2.31. The summed E-state index contributed by atoms with van der Waals surface area (Å²) in [6.07, 6.45) is 0.636. The van der Waals surface area contributed by atoms with Crippen molar-refractivity contribution in [3.05, 3.63) is 58.2 Å². The van der Waals surface area contributed by atoms with Crippen molar-refractivity contribution in [3.8, 4) is 23.2 Å². The van der Waals surface area contributed by atoms with Gasteiger partial charge in [-0.25, -0.2) is 4.98 Å². The van der Waals surface area contributed by atoms with Crippen LogP contribution in [-0.2, 0) is 0 Å². The van der Waals surface area contributed by atoms with E-state index in [1.165, 1.54) is 4.90 Å². The Labute approximate surface area is 190 Å². The van der Waals surface area contributed by atoms with Gasteiger partial charge in [0.1, 0.15) is 23.0 Å². The number of nitrogens with two attached hydrogens (primary N) is 1. The molecule has 2 amide bonds. The first-order valence-electron chi connectivity index (χ1n) is 10.7. The Morgan fingerprint density at radius 3 is 2.70 bits per heavy atom. The average molecular weight is 445 g/mol. The molecule has 0 saturated heterocycles. The average Bonchev–Trinajstić information content (AvgIpc) is 3.29. The standard InChI is InChI=1S/C24H23N5O4/c1-12-8-18(27-33-12)19(30)7-5-13-4-6-16-14-10-15(11-14)29-21(24(32)28(2)3)20(22(25)31)26-23(29)17(16)9-13/h4,6,8-9,14-15,19,30H,10-11H2,1-3H3,(H2,25,31)/t14?,15?,19-/m1/s1. The van der Waals surface area contributed by atoms with E-state index in [1.807, 2.05) is 22.8 Å². The van der Waals surface area contributed by atoms with Gasteiger partial charge in [0, 0.05) is 37.3 Å². The third kappa shape index (κ3) is 3.39. The van der Waals surface area contributed by atoms with Crippen LogP contribution in [-0.4, -0.2) is 50.6 Å². The van der Waals surface area contributed by atoms with Crippen LogP contribution in [0.3, 0.4) is 0 Å². The van der Waals surface area contributed by atoms with Crippen LogP contribution in [0.2, 0.25) is 0 Å². The zero-order valence-electron chi connectivity index (χ0n) is 18.5. The van der Waals surface area contributed by atoms with Crippen LogP contribution in [0.4, 0.5) is 0 Å². The maximum absolute atomic E-state index is 13.0. The minimum absolute atomic E-state index is 0.0201. The number of carbonyl (C=O) groups is 2. The fourth-order valence-corrected chi connectivity index (χ4v) is 4.54. The Bertz CT molecular complexity index is 1350. The number of primary amides is 1. The monoisotopic (exact) mass is 445 g/mol. The van der Waals surface area contributed by atoms with Crippen molar-refractivity contribution in [1.82, 2.24) is 19.6 Å². The number of aryl methyl sites for hydroxylation is 1. The second-order valence-electron chi connectivity index (χ2n) is 8.72. The molecule has 0 unspecified atom stereocenters. The van der Waals surface area contributed by atoms with E-state index in [-0.39, 0.29) is 23.3 Å². The molecule has 1 saturated carbocycles. The third-order valence-corrected chi connectivity index (χ3v) is 6.25. The van der Waals surface area contributed by atoms with E-state index in [1.54, 1.807) is 27.1 Å². The van der Waals surface area contributed by atoms with Crippen molar-refractivity contribution >= 4 is 11.8 Å². The van der Waals surface area contributed by atoms with Crippen LogP contribution in [0, 0.1) is 18.8 Å². The second-order valence-corrected chi connectivity index (χ2v) is 8.72. The number of amides is 2. The number of hydrogen-bond donors (Lipinski definition) is 2. The topological polar surface area (TPSA) is 127 Å². The van der Waals surface area contributed by atoms with E-state index in [9.17, 15) is 14.7 Å². The van der Waals surface area contributed by atoms with Gasteiger partial charge < -0.3 is 24.8 Å². The quantitative estimate of drug-likeness (QED) is 0.595. The lowest BCUT2D eigenvalue weighted by molar-refractivity contribution is 0.0803. The third-order valence-electron chi connectivity index (χ3n) is 6.25. The van der Waals surface area contributed by atoms with Crippen LogP contribution >= 0.6 is 0 Å². The van der Waals surface area contributed by atoms with Gasteiger partial charge in [-0.3, -0.25) is 9.59 Å². The molecular weight excluding hydrogens is 422 g/mol. The number of aromatic nitrogens is 3. The Hall–Kier alpha value is -3.90. The molecule has 1 atom stereocenters. The highest BCUT2D eigenvalue weighted by atomic mass is 16.5. The van der Waals surface area contributed by atoms with Gasteiger partial charge in [-0.15, -0.1) is 0 Å². The number of rotatable bonds is 3. The summed E-state index contributed by atoms with van der Waals surface area (Å²) in [6, 6.07) is 7.50. The molecule has 9 heteroatoms. The van der Waals surface area contributed by atoms with Gasteiger partial charge in [0.05, 0.1) is 0 Å². The molecule has 9 nitrogen and oxygen atoms in total. The molecule has 1 aromatic carbocycles. The maximum atomic E-state index is 13.0. The van der Waals surface area contributed by atoms with E-state index in [0.717, 1.165) is 24.0 Å². The Morgan fingerprint density at radius 1 is 1.30 bits per heavy atom. The molecule has 3 N–H and O–H groups in total. The lowest BCUT2D eigenvalue weighted by Gasteiger charge is -2.35. The molecule has 3 aliphatic rings. The van der Waals surface area contributed by atoms with E-state index >= 15 is 0 Å². The number of aliphatic hydroxyl groups excluding tert-OH is 1. The summed E-state index contributed by atoms with van der Waals surface area (Å²) in [6.45, 7) is 1.74. The van der Waals surface area contributed by atoms with Crippen LogP contribution < -0.4 is 5.73 Å². The van der Waals surface area contributed by atoms with Crippen LogP contribution in [0.25, 0.3) is 11.4 Å². The summed E-state index contributed by atoms with van der Waals surface area (Å²) in [7, 11) is 3.27. The van der Waals surface area contributed by atoms with Crippen molar-refractivity contribution < 1.29 is 19.2 Å². The number of hydrogen-bond acceptors (Lipinski definition) is 6. The van der Waals surface area contributed by atoms with Gasteiger partial charge in [-0.2, -0.15) is 0 Å². The van der Waals surface area contributed by atoms with Crippen molar-refractivity contribution in [1.29, 1.82) is 0 Å². The van der Waals surface area contributed by atoms with Crippen LogP contribution in [0.1, 0.15) is 74.5 Å². The smallest absolute Gasteiger partial charge is 0.272 e. The van der Waals surface area contributed by atoms with Gasteiger partial charge in [0.15, 0.2) is 11.8 Å². The van der Waals surface area contributed by atoms with E-state index in [0.29, 0.717) is 28.8 Å². The number of benzene rings is 1. The molecule has 2 aromatic heterocycles. The minimum Gasteiger partial charge on any atom is -0.374 e. The summed E-state index contributed by atoms with van der Waals surface area (Å²) in [4.78, 5) is 31.1. The van der Waals surface area contributed by atoms with Crippen LogP contribution in [0.15, 0.2) is 28.8 Å². The highest BCUT2D eigenvalue weighted by Gasteiger charge is 2.42. The molecule has 0 spiro atoms. The van der Waals surface area contributed by atoms with Crippen molar-refractivity contribution in [3.63, 3.8) is 0 Å². The van der Waals surface area contributed by atoms with Crippen molar-refractivity contribution in [2.24, 2.45) is 5.73 Å². The Balaban J connectivity index is 1.62. The second kappa shape index (κ2) is 7.60. The number of carbonyl (C=O) groups excluding carboxylic acids is 2. The fraction of sp³-hybridized carbons (Fsp3) is 0.333. The molecular formula is C24H23N5O4. The largest absolute Gasteiger partial charge is 0.374 e. The first kappa shape index (κ1) is 21.0. The molecule has 33 heavy (non-hydrogen) atoms. The molecule has 1 aliphatic carbocycles. The Kier molecular flexibility index (Phi) is 4.83. The van der Waals surface area contributed by atoms with Gasteiger partial charge in [-0.05, 0) is 43.4 Å². The predicted octanol–water partition coefficient (Wildman–Crippen LogP) is 2.16.